The summed E-state index contributed by atoms with van der Waals surface area (Å²) in [5, 5.41) is 4.46. The fourth-order valence-electron chi connectivity index (χ4n) is 4.37. The summed E-state index contributed by atoms with van der Waals surface area (Å²) in [4.78, 5) is 39.4. The van der Waals surface area contributed by atoms with Gasteiger partial charge in [0.1, 0.15) is 12.4 Å². The van der Waals surface area contributed by atoms with E-state index in [0.717, 1.165) is 28.1 Å². The third-order valence-corrected chi connectivity index (χ3v) is 7.25. The number of carbonyl (C=O) groups excluding carboxylic acids is 3. The number of thioether (sulfide) groups is 1. The summed E-state index contributed by atoms with van der Waals surface area (Å²) >= 11 is 0.877. The summed E-state index contributed by atoms with van der Waals surface area (Å²) in [7, 11) is 1.49. The number of methoxy groups -OCH3 is 1. The minimum absolute atomic E-state index is 0.131. The molecule has 4 aromatic rings. The normalized spacial score (nSPS) is 14.0. The van der Waals surface area contributed by atoms with E-state index in [4.69, 9.17) is 14.2 Å². The SMILES string of the molecule is COc1cc(/C=C2\SC(=O)N(CCOc3cccc4ccccc34)C2=O)ccc1OCC(=O)Nc1cccc(C)c1. The molecular formula is C32H28N2O6S. The molecule has 8 nitrogen and oxygen atoms in total. The van der Waals surface area contributed by atoms with Crippen LogP contribution in [0.3, 0.4) is 0 Å². The van der Waals surface area contributed by atoms with E-state index in [1.165, 1.54) is 12.0 Å². The summed E-state index contributed by atoms with van der Waals surface area (Å²) in [5.74, 6) is 0.786. The zero-order chi connectivity index (χ0) is 28.8. The molecule has 0 aliphatic carbocycles. The molecule has 1 heterocycles. The van der Waals surface area contributed by atoms with Crippen molar-refractivity contribution in [3.63, 3.8) is 0 Å². The Morgan fingerprint density at radius 3 is 2.54 bits per heavy atom. The van der Waals surface area contributed by atoms with Crippen LogP contribution in [0.2, 0.25) is 0 Å². The van der Waals surface area contributed by atoms with E-state index in [1.54, 1.807) is 30.3 Å². The number of amides is 3. The molecule has 5 rings (SSSR count). The van der Waals surface area contributed by atoms with Crippen LogP contribution in [0.4, 0.5) is 10.5 Å². The molecule has 1 N–H and O–H groups in total. The number of hydrogen-bond acceptors (Lipinski definition) is 7. The first-order valence-electron chi connectivity index (χ1n) is 12.9. The van der Waals surface area contributed by atoms with Crippen LogP contribution in [0.15, 0.2) is 89.8 Å². The summed E-state index contributed by atoms with van der Waals surface area (Å²) in [6.07, 6.45) is 1.63. The third kappa shape index (κ3) is 6.70. The van der Waals surface area contributed by atoms with Gasteiger partial charge in [-0.2, -0.15) is 0 Å². The molecule has 3 amide bonds. The van der Waals surface area contributed by atoms with Crippen molar-refractivity contribution < 1.29 is 28.6 Å². The standard InChI is InChI=1S/C32H28N2O6S/c1-21-7-5-10-24(17-21)33-30(35)20-40-27-14-13-22(18-28(27)38-2)19-29-31(36)34(32(37)41-29)15-16-39-26-12-6-9-23-8-3-4-11-25(23)26/h3-14,17-19H,15-16,20H2,1-2H3,(H,33,35)/b29-19-. The third-order valence-electron chi connectivity index (χ3n) is 6.34. The summed E-state index contributed by atoms with van der Waals surface area (Å²) in [6.45, 7) is 2.05. The highest BCUT2D eigenvalue weighted by Crippen LogP contribution is 2.35. The Kier molecular flexibility index (Phi) is 8.55. The van der Waals surface area contributed by atoms with Crippen molar-refractivity contribution in [2.45, 2.75) is 6.92 Å². The van der Waals surface area contributed by atoms with Gasteiger partial charge in [-0.3, -0.25) is 19.3 Å². The van der Waals surface area contributed by atoms with Crippen LogP contribution in [-0.4, -0.2) is 48.8 Å². The highest BCUT2D eigenvalue weighted by Gasteiger charge is 2.34. The topological polar surface area (TPSA) is 94.2 Å². The van der Waals surface area contributed by atoms with Crippen LogP contribution < -0.4 is 19.5 Å². The molecule has 1 fully saturated rings. The Bertz CT molecular complexity index is 1650. The number of ether oxygens (including phenoxy) is 3. The quantitative estimate of drug-likeness (QED) is 0.225. The summed E-state index contributed by atoms with van der Waals surface area (Å²) in [5.41, 5.74) is 2.37. The van der Waals surface area contributed by atoms with Gasteiger partial charge in [-0.05, 0) is 71.6 Å². The molecule has 41 heavy (non-hydrogen) atoms. The molecule has 0 spiro atoms. The van der Waals surface area contributed by atoms with Crippen molar-refractivity contribution in [1.82, 2.24) is 4.90 Å². The second kappa shape index (κ2) is 12.6. The van der Waals surface area contributed by atoms with Gasteiger partial charge in [-0.1, -0.05) is 54.6 Å². The molecule has 9 heteroatoms. The zero-order valence-corrected chi connectivity index (χ0v) is 23.4. The van der Waals surface area contributed by atoms with E-state index in [-0.39, 0.29) is 36.8 Å². The number of hydrogen-bond donors (Lipinski definition) is 1. The second-order valence-corrected chi connectivity index (χ2v) is 10.3. The van der Waals surface area contributed by atoms with E-state index >= 15 is 0 Å². The minimum Gasteiger partial charge on any atom is -0.493 e. The lowest BCUT2D eigenvalue weighted by Crippen LogP contribution is -2.32. The molecule has 208 valence electrons. The largest absolute Gasteiger partial charge is 0.493 e. The maximum absolute atomic E-state index is 13.0. The predicted octanol–water partition coefficient (Wildman–Crippen LogP) is 6.29. The Balaban J connectivity index is 1.19. The van der Waals surface area contributed by atoms with Crippen molar-refractivity contribution in [2.75, 3.05) is 32.2 Å². The number of nitrogens with zero attached hydrogens (tertiary/aromatic N) is 1. The summed E-state index contributed by atoms with van der Waals surface area (Å²) < 4.78 is 17.0. The van der Waals surface area contributed by atoms with Crippen molar-refractivity contribution in [1.29, 1.82) is 0 Å². The van der Waals surface area contributed by atoms with Gasteiger partial charge in [0, 0.05) is 11.1 Å². The zero-order valence-electron chi connectivity index (χ0n) is 22.6. The Morgan fingerprint density at radius 1 is 0.902 bits per heavy atom. The number of fused-ring (bicyclic) bond motifs is 1. The minimum atomic E-state index is -0.381. The van der Waals surface area contributed by atoms with Gasteiger partial charge in [0.15, 0.2) is 18.1 Å². The molecule has 0 atom stereocenters. The monoisotopic (exact) mass is 568 g/mol. The van der Waals surface area contributed by atoms with Crippen molar-refractivity contribution in [2.24, 2.45) is 0 Å². The van der Waals surface area contributed by atoms with Crippen molar-refractivity contribution in [3.8, 4) is 17.2 Å². The van der Waals surface area contributed by atoms with Gasteiger partial charge in [-0.15, -0.1) is 0 Å². The average Bonchev–Trinajstić information content (AvgIpc) is 3.23. The van der Waals surface area contributed by atoms with Crippen LogP contribution in [0.5, 0.6) is 17.2 Å². The maximum Gasteiger partial charge on any atom is 0.293 e. The lowest BCUT2D eigenvalue weighted by molar-refractivity contribution is -0.123. The maximum atomic E-state index is 13.0. The predicted molar refractivity (Wildman–Crippen MR) is 160 cm³/mol. The number of nitrogens with one attached hydrogen (secondary N) is 1. The Hall–Kier alpha value is -4.76. The molecule has 1 aliphatic rings. The Labute approximate surface area is 241 Å². The lowest BCUT2D eigenvalue weighted by atomic mass is 10.1. The Morgan fingerprint density at radius 2 is 1.71 bits per heavy atom. The second-order valence-electron chi connectivity index (χ2n) is 9.28. The van der Waals surface area contributed by atoms with E-state index in [1.807, 2.05) is 67.6 Å². The van der Waals surface area contributed by atoms with Crippen molar-refractivity contribution in [3.05, 3.63) is 101 Å². The molecular weight excluding hydrogens is 540 g/mol. The van der Waals surface area contributed by atoms with Crippen LogP contribution in [0.25, 0.3) is 16.8 Å². The van der Waals surface area contributed by atoms with Crippen LogP contribution in [0.1, 0.15) is 11.1 Å². The van der Waals surface area contributed by atoms with Gasteiger partial charge in [0.2, 0.25) is 0 Å². The van der Waals surface area contributed by atoms with E-state index < -0.39 is 0 Å². The lowest BCUT2D eigenvalue weighted by Gasteiger charge is -2.14. The van der Waals surface area contributed by atoms with Gasteiger partial charge in [-0.25, -0.2) is 0 Å². The number of anilines is 1. The summed E-state index contributed by atoms with van der Waals surface area (Å²) in [6, 6.07) is 26.2. The fraction of sp³-hybridized carbons (Fsp3) is 0.156. The molecule has 4 aromatic carbocycles. The number of rotatable bonds is 10. The first kappa shape index (κ1) is 27.8. The molecule has 0 radical (unpaired) electrons. The van der Waals surface area contributed by atoms with Gasteiger partial charge in [0.05, 0.1) is 18.6 Å². The molecule has 1 saturated heterocycles. The molecule has 0 unspecified atom stereocenters. The smallest absolute Gasteiger partial charge is 0.293 e. The average molecular weight is 569 g/mol. The number of imide groups is 1. The van der Waals surface area contributed by atoms with E-state index in [0.29, 0.717) is 33.4 Å². The molecule has 0 bridgehead atoms. The van der Waals surface area contributed by atoms with Gasteiger partial charge < -0.3 is 19.5 Å². The first-order chi connectivity index (χ1) is 19.9. The highest BCUT2D eigenvalue weighted by atomic mass is 32.2. The number of benzene rings is 4. The molecule has 0 saturated carbocycles. The number of aryl methyl sites for hydroxylation is 1. The first-order valence-corrected chi connectivity index (χ1v) is 13.8. The van der Waals surface area contributed by atoms with Crippen LogP contribution in [-0.2, 0) is 9.59 Å². The van der Waals surface area contributed by atoms with Gasteiger partial charge >= 0.3 is 0 Å². The highest BCUT2D eigenvalue weighted by molar-refractivity contribution is 8.18. The van der Waals surface area contributed by atoms with Crippen LogP contribution >= 0.6 is 11.8 Å². The van der Waals surface area contributed by atoms with Crippen molar-refractivity contribution >= 4 is 51.4 Å². The number of carbonyl (C=O) groups is 3. The molecule has 1 aliphatic heterocycles. The van der Waals surface area contributed by atoms with E-state index in [2.05, 4.69) is 5.32 Å². The van der Waals surface area contributed by atoms with Gasteiger partial charge in [0.25, 0.3) is 17.1 Å². The molecule has 0 aromatic heterocycles. The van der Waals surface area contributed by atoms with E-state index in [9.17, 15) is 14.4 Å². The van der Waals surface area contributed by atoms with Crippen LogP contribution in [0, 0.1) is 6.92 Å². The fourth-order valence-corrected chi connectivity index (χ4v) is 5.23.